The van der Waals surface area contributed by atoms with E-state index in [1.54, 1.807) is 0 Å². The van der Waals surface area contributed by atoms with Crippen LogP contribution in [0.3, 0.4) is 0 Å². The minimum atomic E-state index is -1.16. The first-order chi connectivity index (χ1) is 6.77. The minimum absolute atomic E-state index is 0.203. The van der Waals surface area contributed by atoms with Crippen molar-refractivity contribution >= 4 is 11.1 Å². The van der Waals surface area contributed by atoms with Crippen molar-refractivity contribution in [2.24, 2.45) is 0 Å². The summed E-state index contributed by atoms with van der Waals surface area (Å²) in [5.41, 5.74) is 2.19. The lowest BCUT2D eigenvalue weighted by atomic mass is 9.94. The summed E-state index contributed by atoms with van der Waals surface area (Å²) in [6.07, 6.45) is 0. The Balaban J connectivity index is 2.20. The highest BCUT2D eigenvalue weighted by molar-refractivity contribution is 7.80. The van der Waals surface area contributed by atoms with Gasteiger partial charge < -0.3 is 0 Å². The van der Waals surface area contributed by atoms with Crippen molar-refractivity contribution in [2.45, 2.75) is 5.92 Å². The van der Waals surface area contributed by atoms with Crippen molar-refractivity contribution in [3.05, 3.63) is 48.0 Å². The first kappa shape index (κ1) is 9.62. The molecule has 1 aliphatic heterocycles. The van der Waals surface area contributed by atoms with Crippen molar-refractivity contribution < 1.29 is 8.39 Å². The maximum Gasteiger partial charge on any atom is 0.159 e. The summed E-state index contributed by atoms with van der Waals surface area (Å²) >= 11 is -1.16. The predicted molar refractivity (Wildman–Crippen MR) is 57.3 cm³/mol. The van der Waals surface area contributed by atoms with Gasteiger partial charge in [-0.15, -0.1) is 0 Å². The van der Waals surface area contributed by atoms with E-state index in [1.807, 2.05) is 30.3 Å². The Labute approximate surface area is 86.3 Å². The summed E-state index contributed by atoms with van der Waals surface area (Å²) in [5, 5.41) is 0. The Bertz CT molecular complexity index is 359. The summed E-state index contributed by atoms with van der Waals surface area (Å²) in [7, 11) is 0. The molecule has 1 aromatic carbocycles. The zero-order valence-corrected chi connectivity index (χ0v) is 8.63. The Hall–Kier alpha value is -0.930. The zero-order chi connectivity index (χ0) is 9.97. The van der Waals surface area contributed by atoms with E-state index in [1.165, 1.54) is 5.56 Å². The molecule has 1 aromatic rings. The third-order valence-electron chi connectivity index (χ3n) is 2.36. The smallest absolute Gasteiger partial charge is 0.159 e. The molecule has 14 heavy (non-hydrogen) atoms. The van der Waals surface area contributed by atoms with Crippen LogP contribution in [0.1, 0.15) is 11.5 Å². The summed E-state index contributed by atoms with van der Waals surface area (Å²) in [4.78, 5) is 0. The third-order valence-corrected chi connectivity index (χ3v) is 3.37. The van der Waals surface area contributed by atoms with Crippen LogP contribution < -0.4 is 0 Å². The van der Waals surface area contributed by atoms with Gasteiger partial charge in [0.2, 0.25) is 0 Å². The fourth-order valence-electron chi connectivity index (χ4n) is 1.57. The van der Waals surface area contributed by atoms with Crippen LogP contribution >= 0.6 is 0 Å². The van der Waals surface area contributed by atoms with Crippen LogP contribution in [0.25, 0.3) is 0 Å². The molecule has 0 aliphatic carbocycles. The Morgan fingerprint density at radius 1 is 1.36 bits per heavy atom. The van der Waals surface area contributed by atoms with Gasteiger partial charge in [0.1, 0.15) is 0 Å². The summed E-state index contributed by atoms with van der Waals surface area (Å²) in [6.45, 7) is 4.43. The van der Waals surface area contributed by atoms with E-state index in [9.17, 15) is 4.21 Å². The number of hydrogen-bond acceptors (Lipinski definition) is 2. The first-order valence-electron chi connectivity index (χ1n) is 4.51. The molecule has 0 unspecified atom stereocenters. The van der Waals surface area contributed by atoms with Crippen molar-refractivity contribution in [1.82, 2.24) is 0 Å². The molecule has 2 rings (SSSR count). The Kier molecular flexibility index (Phi) is 2.79. The van der Waals surface area contributed by atoms with Crippen molar-refractivity contribution in [2.75, 3.05) is 12.4 Å². The molecule has 0 spiro atoms. The van der Waals surface area contributed by atoms with Crippen LogP contribution in [-0.4, -0.2) is 16.6 Å². The molecular formula is C11H12O2S. The topological polar surface area (TPSA) is 26.3 Å². The average molecular weight is 208 g/mol. The SMILES string of the molecule is C=C1C[S@](=O)OC[C@@H]1c1ccccc1. The molecule has 0 amide bonds. The van der Waals surface area contributed by atoms with Crippen molar-refractivity contribution in [3.8, 4) is 0 Å². The van der Waals surface area contributed by atoms with E-state index in [0.29, 0.717) is 12.4 Å². The molecule has 2 atom stereocenters. The molecule has 2 nitrogen and oxygen atoms in total. The van der Waals surface area contributed by atoms with Gasteiger partial charge in [0.05, 0.1) is 12.4 Å². The van der Waals surface area contributed by atoms with Crippen molar-refractivity contribution in [3.63, 3.8) is 0 Å². The average Bonchev–Trinajstić information content (AvgIpc) is 2.19. The van der Waals surface area contributed by atoms with Gasteiger partial charge in [-0.25, -0.2) is 4.21 Å². The quantitative estimate of drug-likeness (QED) is 0.660. The lowest BCUT2D eigenvalue weighted by Crippen LogP contribution is -2.22. The molecular weight excluding hydrogens is 196 g/mol. The van der Waals surface area contributed by atoms with Crippen LogP contribution in [0.15, 0.2) is 42.5 Å². The molecule has 74 valence electrons. The Morgan fingerprint density at radius 2 is 2.07 bits per heavy atom. The molecule has 1 aliphatic rings. The van der Waals surface area contributed by atoms with Crippen LogP contribution in [0.4, 0.5) is 0 Å². The van der Waals surface area contributed by atoms with Crippen LogP contribution in [0.2, 0.25) is 0 Å². The second-order valence-corrected chi connectivity index (χ2v) is 4.49. The van der Waals surface area contributed by atoms with Gasteiger partial charge in [-0.2, -0.15) is 0 Å². The van der Waals surface area contributed by atoms with E-state index in [2.05, 4.69) is 6.58 Å². The van der Waals surface area contributed by atoms with E-state index in [4.69, 9.17) is 4.18 Å². The molecule has 0 radical (unpaired) electrons. The maximum atomic E-state index is 11.1. The molecule has 0 bridgehead atoms. The van der Waals surface area contributed by atoms with Crippen LogP contribution in [0.5, 0.6) is 0 Å². The van der Waals surface area contributed by atoms with Crippen molar-refractivity contribution in [1.29, 1.82) is 0 Å². The monoisotopic (exact) mass is 208 g/mol. The van der Waals surface area contributed by atoms with E-state index in [0.717, 1.165) is 5.57 Å². The van der Waals surface area contributed by atoms with Crippen LogP contribution in [-0.2, 0) is 15.3 Å². The lowest BCUT2D eigenvalue weighted by molar-refractivity contribution is 0.318. The van der Waals surface area contributed by atoms with E-state index < -0.39 is 11.1 Å². The molecule has 0 aromatic heterocycles. The highest BCUT2D eigenvalue weighted by Gasteiger charge is 2.23. The van der Waals surface area contributed by atoms with Gasteiger partial charge in [-0.1, -0.05) is 42.5 Å². The van der Waals surface area contributed by atoms with Gasteiger partial charge in [-0.05, 0) is 5.56 Å². The molecule has 0 saturated carbocycles. The second-order valence-electron chi connectivity index (χ2n) is 3.35. The largest absolute Gasteiger partial charge is 0.289 e. The molecule has 0 N–H and O–H groups in total. The summed E-state index contributed by atoms with van der Waals surface area (Å²) < 4.78 is 16.2. The molecule has 1 heterocycles. The number of benzene rings is 1. The standard InChI is InChI=1S/C11H12O2S/c1-9-8-14(12)13-7-11(9)10-5-3-2-4-6-10/h2-6,11H,1,7-8H2/t11-,14+/m0/s1. The highest BCUT2D eigenvalue weighted by Crippen LogP contribution is 2.27. The minimum Gasteiger partial charge on any atom is -0.289 e. The number of rotatable bonds is 1. The van der Waals surface area contributed by atoms with Gasteiger partial charge in [0.15, 0.2) is 11.1 Å². The predicted octanol–water partition coefficient (Wildman–Crippen LogP) is 2.02. The van der Waals surface area contributed by atoms with Crippen LogP contribution in [0, 0.1) is 0 Å². The van der Waals surface area contributed by atoms with E-state index >= 15 is 0 Å². The first-order valence-corrected chi connectivity index (χ1v) is 5.76. The second kappa shape index (κ2) is 4.07. The maximum absolute atomic E-state index is 11.1. The lowest BCUT2D eigenvalue weighted by Gasteiger charge is -2.23. The fourth-order valence-corrected chi connectivity index (χ4v) is 2.45. The molecule has 1 saturated heterocycles. The zero-order valence-electron chi connectivity index (χ0n) is 7.81. The van der Waals surface area contributed by atoms with Gasteiger partial charge >= 0.3 is 0 Å². The summed E-state index contributed by atoms with van der Waals surface area (Å²) in [6, 6.07) is 10.1. The highest BCUT2D eigenvalue weighted by atomic mass is 32.2. The Morgan fingerprint density at radius 3 is 2.71 bits per heavy atom. The van der Waals surface area contributed by atoms with E-state index in [-0.39, 0.29) is 5.92 Å². The van der Waals surface area contributed by atoms with Gasteiger partial charge in [-0.3, -0.25) is 4.18 Å². The molecule has 1 fully saturated rings. The van der Waals surface area contributed by atoms with Gasteiger partial charge in [0, 0.05) is 5.92 Å². The molecule has 3 heteroatoms. The fraction of sp³-hybridized carbons (Fsp3) is 0.273. The van der Waals surface area contributed by atoms with Gasteiger partial charge in [0.25, 0.3) is 0 Å². The normalized spacial score (nSPS) is 27.6. The summed E-state index contributed by atoms with van der Waals surface area (Å²) in [5.74, 6) is 0.661. The number of hydrogen-bond donors (Lipinski definition) is 0. The third kappa shape index (κ3) is 1.94.